The fourth-order valence-electron chi connectivity index (χ4n) is 2.22. The molecule has 1 aromatic carbocycles. The van der Waals surface area contributed by atoms with Crippen LogP contribution in [0.2, 0.25) is 0 Å². The van der Waals surface area contributed by atoms with E-state index in [1.807, 2.05) is 11.4 Å². The lowest BCUT2D eigenvalue weighted by Gasteiger charge is -2.10. The third kappa shape index (κ3) is 3.28. The number of benzene rings is 1. The summed E-state index contributed by atoms with van der Waals surface area (Å²) in [5.74, 6) is 0.0173. The monoisotopic (exact) mass is 326 g/mol. The molecule has 0 radical (unpaired) electrons. The summed E-state index contributed by atoms with van der Waals surface area (Å²) in [6.45, 7) is 0. The summed E-state index contributed by atoms with van der Waals surface area (Å²) in [6.07, 6.45) is 2.58. The summed E-state index contributed by atoms with van der Waals surface area (Å²) < 4.78 is 6.32. The number of hydrogen-bond acceptors (Lipinski definition) is 6. The zero-order valence-electron chi connectivity index (χ0n) is 12.1. The normalized spacial score (nSPS) is 12.0. The van der Waals surface area contributed by atoms with Gasteiger partial charge in [-0.1, -0.05) is 12.1 Å². The second-order valence-electron chi connectivity index (χ2n) is 4.97. The largest absolute Gasteiger partial charge is 0.421 e. The molecule has 2 aromatic heterocycles. The van der Waals surface area contributed by atoms with Crippen molar-refractivity contribution >= 4 is 33.8 Å². The molecule has 2 heterocycles. The van der Waals surface area contributed by atoms with E-state index in [1.54, 1.807) is 36.5 Å². The Labute approximate surface area is 136 Å². The lowest BCUT2D eigenvalue weighted by Crippen LogP contribution is -2.13. The van der Waals surface area contributed by atoms with Crippen LogP contribution in [0.25, 0.3) is 10.2 Å². The zero-order chi connectivity index (χ0) is 16.2. The average Bonchev–Trinajstić information content (AvgIpc) is 3.05. The highest BCUT2D eigenvalue weighted by Gasteiger charge is 2.14. The number of hydrogen-bond donors (Lipinski definition) is 1. The highest BCUT2D eigenvalue weighted by atomic mass is 32.1. The minimum atomic E-state index is -0.467. The minimum Gasteiger partial charge on any atom is -0.421 e. The standard InChI is InChI=1S/C17H14N2O3S/c18-13(5-8-20)11-2-1-3-12(10-11)17(21)22-15-4-7-19-14-6-9-23-16(14)15/h1-4,6-10,13H,5,18H2. The Kier molecular flexibility index (Phi) is 4.45. The molecular formula is C17H14N2O3S. The zero-order valence-corrected chi connectivity index (χ0v) is 13.0. The predicted octanol–water partition coefficient (Wildman–Crippen LogP) is 3.10. The molecule has 0 aliphatic rings. The van der Waals surface area contributed by atoms with Crippen molar-refractivity contribution in [3.05, 3.63) is 59.1 Å². The molecule has 3 aromatic rings. The number of esters is 1. The smallest absolute Gasteiger partial charge is 0.343 e. The first-order valence-corrected chi connectivity index (χ1v) is 7.90. The molecule has 1 unspecified atom stereocenters. The maximum Gasteiger partial charge on any atom is 0.343 e. The molecule has 1 atom stereocenters. The molecule has 0 spiro atoms. The van der Waals surface area contributed by atoms with Gasteiger partial charge in [0.2, 0.25) is 0 Å². The van der Waals surface area contributed by atoms with E-state index in [1.165, 1.54) is 11.3 Å². The Hall–Kier alpha value is -2.57. The van der Waals surface area contributed by atoms with Gasteiger partial charge in [-0.2, -0.15) is 0 Å². The van der Waals surface area contributed by atoms with Crippen LogP contribution in [-0.2, 0) is 4.79 Å². The summed E-state index contributed by atoms with van der Waals surface area (Å²) in [5.41, 5.74) is 7.81. The second kappa shape index (κ2) is 6.68. The van der Waals surface area contributed by atoms with Gasteiger partial charge in [-0.15, -0.1) is 11.3 Å². The number of pyridine rings is 1. The number of aromatic nitrogens is 1. The molecule has 0 bridgehead atoms. The van der Waals surface area contributed by atoms with Crippen LogP contribution < -0.4 is 10.5 Å². The number of aldehydes is 1. The van der Waals surface area contributed by atoms with Crippen molar-refractivity contribution in [3.8, 4) is 5.75 Å². The maximum atomic E-state index is 12.4. The first kappa shape index (κ1) is 15.3. The fraction of sp³-hybridized carbons (Fsp3) is 0.118. The van der Waals surface area contributed by atoms with Crippen molar-refractivity contribution < 1.29 is 14.3 Å². The number of ether oxygens (including phenoxy) is 1. The number of nitrogens with two attached hydrogens (primary N) is 1. The molecule has 0 aliphatic heterocycles. The van der Waals surface area contributed by atoms with Crippen LogP contribution in [0, 0.1) is 0 Å². The number of carbonyl (C=O) groups excluding carboxylic acids is 2. The molecule has 0 fully saturated rings. The van der Waals surface area contributed by atoms with E-state index in [0.717, 1.165) is 22.1 Å². The first-order chi connectivity index (χ1) is 11.2. The summed E-state index contributed by atoms with van der Waals surface area (Å²) in [5, 5.41) is 1.90. The van der Waals surface area contributed by atoms with Crippen LogP contribution >= 0.6 is 11.3 Å². The van der Waals surface area contributed by atoms with Gasteiger partial charge in [-0.25, -0.2) is 4.79 Å². The second-order valence-corrected chi connectivity index (χ2v) is 5.88. The molecular weight excluding hydrogens is 312 g/mol. The summed E-state index contributed by atoms with van der Waals surface area (Å²) in [4.78, 5) is 27.1. The van der Waals surface area contributed by atoms with Gasteiger partial charge in [0.15, 0.2) is 5.75 Å². The quantitative estimate of drug-likeness (QED) is 0.575. The molecule has 5 nitrogen and oxygen atoms in total. The van der Waals surface area contributed by atoms with Gasteiger partial charge in [-0.05, 0) is 29.1 Å². The lowest BCUT2D eigenvalue weighted by molar-refractivity contribution is -0.108. The maximum absolute atomic E-state index is 12.4. The Balaban J connectivity index is 1.85. The molecule has 23 heavy (non-hydrogen) atoms. The highest BCUT2D eigenvalue weighted by molar-refractivity contribution is 7.17. The molecule has 0 saturated heterocycles. The van der Waals surface area contributed by atoms with E-state index in [-0.39, 0.29) is 6.42 Å². The van der Waals surface area contributed by atoms with E-state index < -0.39 is 12.0 Å². The van der Waals surface area contributed by atoms with Gasteiger partial charge in [-0.3, -0.25) is 4.98 Å². The SMILES string of the molecule is NC(CC=O)c1cccc(C(=O)Oc2ccnc3ccsc23)c1. The van der Waals surface area contributed by atoms with Crippen LogP contribution in [0.4, 0.5) is 0 Å². The minimum absolute atomic E-state index is 0.207. The summed E-state index contributed by atoms with van der Waals surface area (Å²) in [7, 11) is 0. The summed E-state index contributed by atoms with van der Waals surface area (Å²) >= 11 is 1.47. The van der Waals surface area contributed by atoms with Crippen LogP contribution in [0.15, 0.2) is 48.0 Å². The number of fused-ring (bicyclic) bond motifs is 1. The fourth-order valence-corrected chi connectivity index (χ4v) is 3.03. The van der Waals surface area contributed by atoms with E-state index in [9.17, 15) is 9.59 Å². The van der Waals surface area contributed by atoms with Crippen molar-refractivity contribution in [2.45, 2.75) is 12.5 Å². The van der Waals surface area contributed by atoms with Gasteiger partial charge in [0.1, 0.15) is 6.29 Å². The molecule has 3 rings (SSSR count). The van der Waals surface area contributed by atoms with Gasteiger partial charge in [0, 0.05) is 24.7 Å². The van der Waals surface area contributed by atoms with Crippen LogP contribution in [0.3, 0.4) is 0 Å². The topological polar surface area (TPSA) is 82.3 Å². The Bertz CT molecular complexity index is 860. The Morgan fingerprint density at radius 2 is 2.22 bits per heavy atom. The molecule has 0 amide bonds. The van der Waals surface area contributed by atoms with Crippen molar-refractivity contribution in [1.29, 1.82) is 0 Å². The molecule has 116 valence electrons. The van der Waals surface area contributed by atoms with Crippen LogP contribution in [0.5, 0.6) is 5.75 Å². The van der Waals surface area contributed by atoms with E-state index in [4.69, 9.17) is 10.5 Å². The van der Waals surface area contributed by atoms with Crippen LogP contribution in [0.1, 0.15) is 28.4 Å². The summed E-state index contributed by atoms with van der Waals surface area (Å²) in [6, 6.07) is 9.94. The molecule has 6 heteroatoms. The van der Waals surface area contributed by atoms with Gasteiger partial charge in [0.05, 0.1) is 15.8 Å². The van der Waals surface area contributed by atoms with Gasteiger partial charge in [0.25, 0.3) is 0 Å². The average molecular weight is 326 g/mol. The van der Waals surface area contributed by atoms with Gasteiger partial charge >= 0.3 is 5.97 Å². The predicted molar refractivity (Wildman–Crippen MR) is 88.6 cm³/mol. The molecule has 0 aliphatic carbocycles. The number of rotatable bonds is 5. The van der Waals surface area contributed by atoms with E-state index in [2.05, 4.69) is 4.98 Å². The van der Waals surface area contributed by atoms with Crippen LogP contribution in [-0.4, -0.2) is 17.2 Å². The highest BCUT2D eigenvalue weighted by Crippen LogP contribution is 2.29. The van der Waals surface area contributed by atoms with Crippen molar-refractivity contribution in [1.82, 2.24) is 4.98 Å². The van der Waals surface area contributed by atoms with E-state index in [0.29, 0.717) is 11.3 Å². The number of thiophene rings is 1. The van der Waals surface area contributed by atoms with Gasteiger partial charge < -0.3 is 15.3 Å². The van der Waals surface area contributed by atoms with Crippen molar-refractivity contribution in [3.63, 3.8) is 0 Å². The number of carbonyl (C=O) groups is 2. The third-order valence-electron chi connectivity index (χ3n) is 3.41. The van der Waals surface area contributed by atoms with E-state index >= 15 is 0 Å². The number of nitrogens with zero attached hydrogens (tertiary/aromatic N) is 1. The Morgan fingerprint density at radius 1 is 1.35 bits per heavy atom. The lowest BCUT2D eigenvalue weighted by atomic mass is 10.0. The first-order valence-electron chi connectivity index (χ1n) is 7.02. The Morgan fingerprint density at radius 3 is 3.04 bits per heavy atom. The third-order valence-corrected chi connectivity index (χ3v) is 4.33. The van der Waals surface area contributed by atoms with Crippen molar-refractivity contribution in [2.75, 3.05) is 0 Å². The molecule has 0 saturated carbocycles. The van der Waals surface area contributed by atoms with Crippen molar-refractivity contribution in [2.24, 2.45) is 5.73 Å². The molecule has 2 N–H and O–H groups in total.